The van der Waals surface area contributed by atoms with Crippen molar-refractivity contribution in [3.05, 3.63) is 109 Å². The molecule has 2 aliphatic heterocycles. The topological polar surface area (TPSA) is 231 Å². The Labute approximate surface area is 442 Å². The molecule has 74 heavy (non-hydrogen) atoms. The van der Waals surface area contributed by atoms with E-state index in [-0.39, 0.29) is 19.4 Å². The summed E-state index contributed by atoms with van der Waals surface area (Å²) in [6.45, 7) is 2.34. The lowest BCUT2D eigenvalue weighted by Crippen LogP contribution is -2.61. The third-order valence-corrected chi connectivity index (χ3v) is 12.2. The fourth-order valence-corrected chi connectivity index (χ4v) is 7.78. The van der Waals surface area contributed by atoms with E-state index in [9.17, 15) is 45.3 Å². The Balaban J connectivity index is 1.83. The van der Waals surface area contributed by atoms with Gasteiger partial charge in [0.1, 0.15) is 55.4 Å². The second-order valence-corrected chi connectivity index (χ2v) is 18.7. The van der Waals surface area contributed by atoms with Crippen LogP contribution in [0.1, 0.15) is 155 Å². The summed E-state index contributed by atoms with van der Waals surface area (Å²) in [5, 5.41) is 72.2. The number of allylic oxidation sites excluding steroid dienone is 18. The molecule has 2 saturated heterocycles. The molecule has 0 aromatic rings. The number of hydrogen-bond donors (Lipinski definition) is 7. The number of carbonyl (C=O) groups is 2. The Kier molecular flexibility index (Phi) is 39.7. The Morgan fingerprint density at radius 1 is 0.446 bits per heavy atom. The molecule has 0 radical (unpaired) electrons. The van der Waals surface area contributed by atoms with Crippen LogP contribution in [-0.4, -0.2) is 142 Å². The monoisotopic (exact) mass is 1040 g/mol. The minimum Gasteiger partial charge on any atom is -0.462 e. The second kappa shape index (κ2) is 44.3. The van der Waals surface area contributed by atoms with E-state index in [1.807, 2.05) is 12.2 Å². The fraction of sp³-hybridized carbons (Fsp3) is 0.661. The average molecular weight is 1040 g/mol. The van der Waals surface area contributed by atoms with Gasteiger partial charge in [0.15, 0.2) is 18.7 Å². The van der Waals surface area contributed by atoms with Crippen molar-refractivity contribution in [1.82, 2.24) is 0 Å². The molecule has 0 aromatic heterocycles. The first-order valence-electron chi connectivity index (χ1n) is 27.5. The van der Waals surface area contributed by atoms with Crippen LogP contribution in [0, 0.1) is 0 Å². The summed E-state index contributed by atoms with van der Waals surface area (Å²) in [7, 11) is 0. The molecular formula is C59H94O15. The summed E-state index contributed by atoms with van der Waals surface area (Å²) in [5.41, 5.74) is 0. The van der Waals surface area contributed by atoms with E-state index >= 15 is 0 Å². The number of unbranched alkanes of at least 4 members (excludes halogenated alkanes) is 9. The quantitative estimate of drug-likeness (QED) is 0.0173. The van der Waals surface area contributed by atoms with Crippen molar-refractivity contribution in [2.75, 3.05) is 26.4 Å². The van der Waals surface area contributed by atoms with Crippen LogP contribution in [0.25, 0.3) is 0 Å². The predicted molar refractivity (Wildman–Crippen MR) is 288 cm³/mol. The average Bonchev–Trinajstić information content (AvgIpc) is 3.39. The van der Waals surface area contributed by atoms with Crippen LogP contribution in [0.5, 0.6) is 0 Å². The van der Waals surface area contributed by atoms with E-state index in [0.29, 0.717) is 19.3 Å². The lowest BCUT2D eigenvalue weighted by Gasteiger charge is -2.42. The molecule has 2 fully saturated rings. The van der Waals surface area contributed by atoms with Crippen molar-refractivity contribution in [3.8, 4) is 0 Å². The van der Waals surface area contributed by atoms with E-state index in [0.717, 1.165) is 83.5 Å². The normalized spacial score (nSPS) is 25.5. The van der Waals surface area contributed by atoms with Crippen LogP contribution in [0.4, 0.5) is 0 Å². The summed E-state index contributed by atoms with van der Waals surface area (Å²) >= 11 is 0. The first-order chi connectivity index (χ1) is 36.0. The van der Waals surface area contributed by atoms with Gasteiger partial charge in [-0.05, 0) is 89.9 Å². The van der Waals surface area contributed by atoms with Crippen LogP contribution in [0.2, 0.25) is 0 Å². The molecule has 2 rings (SSSR count). The molecule has 11 atom stereocenters. The zero-order valence-corrected chi connectivity index (χ0v) is 44.5. The van der Waals surface area contributed by atoms with Gasteiger partial charge in [0.05, 0.1) is 19.8 Å². The van der Waals surface area contributed by atoms with Crippen molar-refractivity contribution in [2.45, 2.75) is 223 Å². The molecule has 0 bridgehead atoms. The largest absolute Gasteiger partial charge is 0.462 e. The summed E-state index contributed by atoms with van der Waals surface area (Å²) < 4.78 is 33.5. The number of esters is 2. The van der Waals surface area contributed by atoms with Crippen molar-refractivity contribution in [3.63, 3.8) is 0 Å². The Bertz CT molecular complexity index is 1700. The van der Waals surface area contributed by atoms with Gasteiger partial charge in [0.2, 0.25) is 0 Å². The van der Waals surface area contributed by atoms with Crippen LogP contribution in [0.15, 0.2) is 109 Å². The van der Waals surface area contributed by atoms with Gasteiger partial charge in [-0.3, -0.25) is 9.59 Å². The molecular weight excluding hydrogens is 949 g/mol. The number of aliphatic hydroxyl groups is 7. The van der Waals surface area contributed by atoms with Gasteiger partial charge in [-0.15, -0.1) is 0 Å². The Morgan fingerprint density at radius 3 is 1.39 bits per heavy atom. The van der Waals surface area contributed by atoms with Gasteiger partial charge < -0.3 is 64.2 Å². The molecule has 0 aromatic carbocycles. The maximum Gasteiger partial charge on any atom is 0.306 e. The standard InChI is InChI=1S/C59H94O15/c1-3-5-7-9-11-13-15-17-19-21-23-25-27-29-31-33-35-37-39-41-50(61)69-44-47(72-51(62)42-40-38-36-34-32-30-28-26-24-22-20-18-16-14-12-10-8-6-4-2)45-70-58-57(68)55(66)53(64)49(74-58)46-71-59-56(67)54(65)52(63)48(43-60)73-59/h6,8,11-14,17-20,23-26,30,32,36,38,47-49,52-60,63-68H,3-5,7,9-10,15-16,21-22,27-29,31,33-35,37,39-46H2,1-2H3/b8-6-,13-11-,14-12-,19-17-,20-18-,25-23-,26-24-,32-30-,38-36-. The van der Waals surface area contributed by atoms with Crippen molar-refractivity contribution >= 4 is 11.9 Å². The minimum atomic E-state index is -1.79. The van der Waals surface area contributed by atoms with Gasteiger partial charge in [0.25, 0.3) is 0 Å². The third kappa shape index (κ3) is 31.3. The summed E-state index contributed by atoms with van der Waals surface area (Å²) in [4.78, 5) is 25.8. The van der Waals surface area contributed by atoms with E-state index in [1.54, 1.807) is 0 Å². The number of hydrogen-bond acceptors (Lipinski definition) is 15. The van der Waals surface area contributed by atoms with Crippen molar-refractivity contribution in [2.24, 2.45) is 0 Å². The smallest absolute Gasteiger partial charge is 0.306 e. The van der Waals surface area contributed by atoms with Crippen molar-refractivity contribution in [1.29, 1.82) is 0 Å². The van der Waals surface area contributed by atoms with Gasteiger partial charge in [-0.2, -0.15) is 0 Å². The van der Waals surface area contributed by atoms with E-state index in [4.69, 9.17) is 28.4 Å². The zero-order valence-electron chi connectivity index (χ0n) is 44.5. The highest BCUT2D eigenvalue weighted by atomic mass is 16.7. The molecule has 0 amide bonds. The van der Waals surface area contributed by atoms with E-state index < -0.39 is 99.3 Å². The summed E-state index contributed by atoms with van der Waals surface area (Å²) in [6.07, 6.45) is 41.2. The van der Waals surface area contributed by atoms with Crippen LogP contribution >= 0.6 is 0 Å². The first-order valence-corrected chi connectivity index (χ1v) is 27.5. The predicted octanol–water partition coefficient (Wildman–Crippen LogP) is 8.71. The maximum absolute atomic E-state index is 13.0. The van der Waals surface area contributed by atoms with Gasteiger partial charge in [-0.1, -0.05) is 162 Å². The second-order valence-electron chi connectivity index (χ2n) is 18.7. The molecule has 420 valence electrons. The lowest BCUT2D eigenvalue weighted by molar-refractivity contribution is -0.332. The zero-order chi connectivity index (χ0) is 53.9. The Morgan fingerprint density at radius 2 is 0.878 bits per heavy atom. The van der Waals surface area contributed by atoms with Gasteiger partial charge in [-0.25, -0.2) is 0 Å². The molecule has 2 aliphatic rings. The summed E-state index contributed by atoms with van der Waals surface area (Å²) in [6, 6.07) is 0. The van der Waals surface area contributed by atoms with Crippen LogP contribution in [0.3, 0.4) is 0 Å². The van der Waals surface area contributed by atoms with Gasteiger partial charge >= 0.3 is 11.9 Å². The van der Waals surface area contributed by atoms with Crippen LogP contribution < -0.4 is 0 Å². The number of ether oxygens (including phenoxy) is 6. The molecule has 0 spiro atoms. The number of carbonyl (C=O) groups excluding carboxylic acids is 2. The van der Waals surface area contributed by atoms with E-state index in [2.05, 4.69) is 111 Å². The molecule has 7 N–H and O–H groups in total. The third-order valence-electron chi connectivity index (χ3n) is 12.2. The highest BCUT2D eigenvalue weighted by Gasteiger charge is 2.47. The highest BCUT2D eigenvalue weighted by Crippen LogP contribution is 2.26. The first kappa shape index (κ1) is 66.3. The molecule has 0 saturated carbocycles. The lowest BCUT2D eigenvalue weighted by atomic mass is 9.98. The summed E-state index contributed by atoms with van der Waals surface area (Å²) in [5.74, 6) is -1.05. The van der Waals surface area contributed by atoms with Crippen LogP contribution in [-0.2, 0) is 38.0 Å². The molecule has 15 heteroatoms. The minimum absolute atomic E-state index is 0.0302. The van der Waals surface area contributed by atoms with Crippen molar-refractivity contribution < 1.29 is 73.8 Å². The molecule has 2 heterocycles. The SMILES string of the molecule is CC/C=C\C/C=C\C/C=C\C/C=C\C/C=C\C/C=C\CCC(=O)OC(COC(=O)CCCCCCCC/C=C\C/C=C\C/C=C\CCCCC)COC1OC(COC2OC(CO)C(O)C(O)C2O)C(O)C(O)C1O. The fourth-order valence-electron chi connectivity index (χ4n) is 7.78. The molecule has 0 aliphatic carbocycles. The van der Waals surface area contributed by atoms with E-state index in [1.165, 1.54) is 25.7 Å². The molecule has 15 nitrogen and oxygen atoms in total. The maximum atomic E-state index is 13.0. The molecule has 11 unspecified atom stereocenters. The van der Waals surface area contributed by atoms with Gasteiger partial charge in [0, 0.05) is 12.8 Å². The number of rotatable bonds is 41. The highest BCUT2D eigenvalue weighted by molar-refractivity contribution is 5.70. The Hall–Kier alpha value is -3.84. The number of aliphatic hydroxyl groups excluding tert-OH is 7.